The second-order valence-corrected chi connectivity index (χ2v) is 10.9. The highest BCUT2D eigenvalue weighted by atomic mass is 32.2. The van der Waals surface area contributed by atoms with Crippen molar-refractivity contribution in [2.75, 3.05) is 27.7 Å². The van der Waals surface area contributed by atoms with E-state index in [-0.39, 0.29) is 11.4 Å². The molecule has 0 aromatic heterocycles. The number of likely N-dealkylation sites (N-methyl/N-ethyl adjacent to an activating group) is 1. The smallest absolute Gasteiger partial charge is 0.326 e. The summed E-state index contributed by atoms with van der Waals surface area (Å²) in [6.45, 7) is 1.40. The number of fused-ring (bicyclic) bond motifs is 1. The van der Waals surface area contributed by atoms with Crippen LogP contribution < -0.4 is 5.32 Å². The molecular weight excluding hydrogens is 458 g/mol. The average molecular weight is 486 g/mol. The molecule has 2 aromatic carbocycles. The Morgan fingerprint density at radius 1 is 1.06 bits per heavy atom. The van der Waals surface area contributed by atoms with Crippen molar-refractivity contribution in [3.05, 3.63) is 54.6 Å². The molecule has 4 rings (SSSR count). The number of esters is 1. The van der Waals surface area contributed by atoms with Crippen LogP contribution in [0.15, 0.2) is 59.5 Å². The van der Waals surface area contributed by atoms with Gasteiger partial charge in [0.15, 0.2) is 0 Å². The first kappa shape index (κ1) is 24.1. The summed E-state index contributed by atoms with van der Waals surface area (Å²) in [5.41, 5.74) is 0.412. The lowest BCUT2D eigenvalue weighted by atomic mass is 9.81. The minimum atomic E-state index is -3.89. The first-order chi connectivity index (χ1) is 16.0. The van der Waals surface area contributed by atoms with Gasteiger partial charge >= 0.3 is 5.97 Å². The lowest BCUT2D eigenvalue weighted by Gasteiger charge is -2.29. The number of ether oxygens (including phenoxy) is 1. The van der Waals surface area contributed by atoms with Crippen LogP contribution in [0.25, 0.3) is 11.1 Å². The van der Waals surface area contributed by atoms with E-state index in [2.05, 4.69) is 5.32 Å². The van der Waals surface area contributed by atoms with Crippen LogP contribution in [0.2, 0.25) is 0 Å². The SMILES string of the molecule is COC(=O)[C@]1(C)N[C@H](CN(C)S(=O)(=O)c2ccc(-c3ccccc3)cc2)[C@@H]2C(=O)N(C)C(=O)[C@@H]21. The Labute approximate surface area is 198 Å². The second kappa shape index (κ2) is 8.61. The highest BCUT2D eigenvalue weighted by molar-refractivity contribution is 7.89. The van der Waals surface area contributed by atoms with E-state index in [4.69, 9.17) is 4.74 Å². The van der Waals surface area contributed by atoms with Crippen molar-refractivity contribution in [2.45, 2.75) is 23.4 Å². The van der Waals surface area contributed by atoms with E-state index in [1.54, 1.807) is 12.1 Å². The van der Waals surface area contributed by atoms with Crippen LogP contribution in [-0.2, 0) is 29.1 Å². The summed E-state index contributed by atoms with van der Waals surface area (Å²) in [7, 11) is 0.0923. The molecule has 0 unspecified atom stereocenters. The van der Waals surface area contributed by atoms with Crippen LogP contribution >= 0.6 is 0 Å². The van der Waals surface area contributed by atoms with Gasteiger partial charge in [0.05, 0.1) is 23.8 Å². The van der Waals surface area contributed by atoms with Crippen molar-refractivity contribution in [2.24, 2.45) is 11.8 Å². The molecule has 4 atom stereocenters. The van der Waals surface area contributed by atoms with Crippen LogP contribution in [-0.4, -0.2) is 74.7 Å². The largest absolute Gasteiger partial charge is 0.468 e. The first-order valence-corrected chi connectivity index (χ1v) is 12.3. The van der Waals surface area contributed by atoms with Gasteiger partial charge in [0, 0.05) is 26.7 Å². The number of amides is 2. The average Bonchev–Trinajstić information content (AvgIpc) is 3.27. The number of nitrogens with zero attached hydrogens (tertiary/aromatic N) is 2. The molecule has 2 heterocycles. The number of imide groups is 1. The maximum absolute atomic E-state index is 13.3. The predicted molar refractivity (Wildman–Crippen MR) is 124 cm³/mol. The number of rotatable bonds is 6. The summed E-state index contributed by atoms with van der Waals surface area (Å²) in [5, 5.41) is 3.04. The monoisotopic (exact) mass is 485 g/mol. The van der Waals surface area contributed by atoms with Gasteiger partial charge in [-0.25, -0.2) is 8.42 Å². The Morgan fingerprint density at radius 3 is 2.24 bits per heavy atom. The Balaban J connectivity index is 1.59. The van der Waals surface area contributed by atoms with Gasteiger partial charge in [-0.05, 0) is 30.2 Å². The number of sulfonamides is 1. The fourth-order valence-corrected chi connectivity index (χ4v) is 6.17. The molecule has 2 aliphatic heterocycles. The van der Waals surface area contributed by atoms with Crippen molar-refractivity contribution < 1.29 is 27.5 Å². The fraction of sp³-hybridized carbons (Fsp3) is 0.375. The zero-order chi connectivity index (χ0) is 24.8. The minimum absolute atomic E-state index is 0.103. The number of likely N-dealkylation sites (tertiary alicyclic amines) is 1. The molecular formula is C24H27N3O6S. The number of benzene rings is 2. The van der Waals surface area contributed by atoms with Gasteiger partial charge in [0.25, 0.3) is 0 Å². The van der Waals surface area contributed by atoms with Crippen LogP contribution in [0.5, 0.6) is 0 Å². The van der Waals surface area contributed by atoms with Crippen LogP contribution in [0, 0.1) is 11.8 Å². The lowest BCUT2D eigenvalue weighted by molar-refractivity contribution is -0.152. The third-order valence-electron chi connectivity index (χ3n) is 6.85. The van der Waals surface area contributed by atoms with Crippen LogP contribution in [0.3, 0.4) is 0 Å². The number of hydrogen-bond donors (Lipinski definition) is 1. The Bertz CT molecular complexity index is 1230. The summed E-state index contributed by atoms with van der Waals surface area (Å²) in [5.74, 6) is -3.45. The van der Waals surface area contributed by atoms with Gasteiger partial charge in [-0.15, -0.1) is 0 Å². The number of methoxy groups -OCH3 is 1. The third-order valence-corrected chi connectivity index (χ3v) is 8.68. The van der Waals surface area contributed by atoms with Gasteiger partial charge in [-0.2, -0.15) is 4.31 Å². The number of nitrogens with one attached hydrogen (secondary N) is 1. The lowest BCUT2D eigenvalue weighted by Crippen LogP contribution is -2.56. The van der Waals surface area contributed by atoms with E-state index in [0.717, 1.165) is 20.3 Å². The Kier molecular flexibility index (Phi) is 6.09. The maximum atomic E-state index is 13.3. The molecule has 0 radical (unpaired) electrons. The van der Waals surface area contributed by atoms with Gasteiger partial charge in [-0.3, -0.25) is 24.6 Å². The van der Waals surface area contributed by atoms with E-state index >= 15 is 0 Å². The summed E-state index contributed by atoms with van der Waals surface area (Å²) < 4.78 is 32.6. The number of carbonyl (C=O) groups excluding carboxylic acids is 3. The van der Waals surface area contributed by atoms with Gasteiger partial charge in [0.1, 0.15) is 5.54 Å². The molecule has 1 N–H and O–H groups in total. The first-order valence-electron chi connectivity index (χ1n) is 10.8. The fourth-order valence-electron chi connectivity index (χ4n) is 4.97. The van der Waals surface area contributed by atoms with Crippen molar-refractivity contribution >= 4 is 27.8 Å². The number of hydrogen-bond acceptors (Lipinski definition) is 7. The van der Waals surface area contributed by atoms with Crippen LogP contribution in [0.1, 0.15) is 6.92 Å². The molecule has 2 fully saturated rings. The van der Waals surface area contributed by atoms with E-state index in [1.165, 1.54) is 40.3 Å². The molecule has 9 nitrogen and oxygen atoms in total. The summed E-state index contributed by atoms with van der Waals surface area (Å²) in [6, 6.07) is 15.4. The topological polar surface area (TPSA) is 113 Å². The van der Waals surface area contributed by atoms with Crippen molar-refractivity contribution in [3.8, 4) is 11.1 Å². The minimum Gasteiger partial charge on any atom is -0.468 e. The quantitative estimate of drug-likeness (QED) is 0.482. The van der Waals surface area contributed by atoms with Crippen molar-refractivity contribution in [1.29, 1.82) is 0 Å². The van der Waals surface area contributed by atoms with Gasteiger partial charge < -0.3 is 4.74 Å². The molecule has 2 amide bonds. The molecule has 2 aromatic rings. The van der Waals surface area contributed by atoms with Crippen molar-refractivity contribution in [3.63, 3.8) is 0 Å². The van der Waals surface area contributed by atoms with Crippen molar-refractivity contribution in [1.82, 2.24) is 14.5 Å². The summed E-state index contributed by atoms with van der Waals surface area (Å²) in [4.78, 5) is 39.2. The molecule has 34 heavy (non-hydrogen) atoms. The molecule has 0 bridgehead atoms. The maximum Gasteiger partial charge on any atom is 0.326 e. The predicted octanol–water partition coefficient (Wildman–Crippen LogP) is 1.11. The Hall–Kier alpha value is -3.08. The second-order valence-electron chi connectivity index (χ2n) is 8.86. The van der Waals surface area contributed by atoms with E-state index in [1.807, 2.05) is 30.3 Å². The molecule has 2 saturated heterocycles. The number of carbonyl (C=O) groups is 3. The normalized spacial score (nSPS) is 26.7. The van der Waals surface area contributed by atoms with Gasteiger partial charge in [0.2, 0.25) is 21.8 Å². The summed E-state index contributed by atoms with van der Waals surface area (Å²) in [6.07, 6.45) is 0. The molecule has 0 spiro atoms. The molecule has 10 heteroatoms. The molecule has 2 aliphatic rings. The highest BCUT2D eigenvalue weighted by Crippen LogP contribution is 2.43. The van der Waals surface area contributed by atoms with Gasteiger partial charge in [-0.1, -0.05) is 42.5 Å². The Morgan fingerprint density at radius 2 is 1.65 bits per heavy atom. The van der Waals surface area contributed by atoms with E-state index in [9.17, 15) is 22.8 Å². The van der Waals surface area contributed by atoms with E-state index in [0.29, 0.717) is 0 Å². The highest BCUT2D eigenvalue weighted by Gasteiger charge is 2.66. The zero-order valence-corrected chi connectivity index (χ0v) is 20.2. The molecule has 0 saturated carbocycles. The summed E-state index contributed by atoms with van der Waals surface area (Å²) >= 11 is 0. The van der Waals surface area contributed by atoms with Crippen LogP contribution in [0.4, 0.5) is 0 Å². The molecule has 180 valence electrons. The standard InChI is InChI=1S/C24H27N3O6S/c1-24(23(30)33-4)20-19(21(28)27(3)22(20)29)18(25-24)14-26(2)34(31,32)17-12-10-16(11-13-17)15-8-6-5-7-9-15/h5-13,18-20,25H,14H2,1-4H3/t18-,19+,20-,24-/m1/s1. The zero-order valence-electron chi connectivity index (χ0n) is 19.4. The van der Waals surface area contributed by atoms with E-state index < -0.39 is 51.2 Å². The third kappa shape index (κ3) is 3.71. The molecule has 0 aliphatic carbocycles.